The molecule has 28 heavy (non-hydrogen) atoms. The van der Waals surface area contributed by atoms with Crippen LogP contribution in [0, 0.1) is 10.1 Å². The molecule has 2 aromatic rings. The fraction of sp³-hybridized carbons (Fsp3) is 0.278. The van der Waals surface area contributed by atoms with E-state index < -0.39 is 20.9 Å². The Morgan fingerprint density at radius 2 is 2.04 bits per heavy atom. The summed E-state index contributed by atoms with van der Waals surface area (Å²) in [6.45, 7) is 1.97. The first kappa shape index (κ1) is 20.1. The highest BCUT2D eigenvalue weighted by Gasteiger charge is 2.26. The Morgan fingerprint density at radius 3 is 2.71 bits per heavy atom. The lowest BCUT2D eigenvalue weighted by Crippen LogP contribution is -2.36. The summed E-state index contributed by atoms with van der Waals surface area (Å²) in [5.41, 5.74) is 1.52. The number of benzene rings is 2. The van der Waals surface area contributed by atoms with E-state index in [0.29, 0.717) is 17.9 Å². The van der Waals surface area contributed by atoms with Gasteiger partial charge in [0, 0.05) is 24.4 Å². The molecule has 1 N–H and O–H groups in total. The monoisotopic (exact) mass is 423 g/mol. The summed E-state index contributed by atoms with van der Waals surface area (Å²) in [6, 6.07) is 8.65. The maximum atomic E-state index is 12.6. The van der Waals surface area contributed by atoms with Gasteiger partial charge in [-0.1, -0.05) is 17.7 Å². The summed E-state index contributed by atoms with van der Waals surface area (Å²) in [7, 11) is -3.43. The molecule has 1 heterocycles. The summed E-state index contributed by atoms with van der Waals surface area (Å²) < 4.78 is 26.1. The number of amides is 1. The molecule has 0 atom stereocenters. The van der Waals surface area contributed by atoms with Crippen LogP contribution < -0.4 is 9.62 Å². The van der Waals surface area contributed by atoms with Crippen molar-refractivity contribution in [3.63, 3.8) is 0 Å². The first-order valence-corrected chi connectivity index (χ1v) is 10.6. The molecule has 0 bridgehead atoms. The zero-order chi connectivity index (χ0) is 20.5. The van der Waals surface area contributed by atoms with Crippen molar-refractivity contribution < 1.29 is 18.1 Å². The minimum atomic E-state index is -3.43. The second kappa shape index (κ2) is 7.76. The number of nitrogens with zero attached hydrogens (tertiary/aromatic N) is 2. The first-order chi connectivity index (χ1) is 13.2. The van der Waals surface area contributed by atoms with Crippen LogP contribution in [-0.2, 0) is 16.4 Å². The number of hydrogen-bond acceptors (Lipinski definition) is 5. The molecule has 148 valence electrons. The largest absolute Gasteiger partial charge is 0.322 e. The number of non-ortho nitro benzene ring substituents is 1. The van der Waals surface area contributed by atoms with Crippen LogP contribution in [-0.4, -0.2) is 31.5 Å². The van der Waals surface area contributed by atoms with Gasteiger partial charge in [0.1, 0.15) is 0 Å². The van der Waals surface area contributed by atoms with Crippen molar-refractivity contribution in [1.29, 1.82) is 0 Å². The van der Waals surface area contributed by atoms with Crippen LogP contribution in [0.1, 0.15) is 29.3 Å². The van der Waals surface area contributed by atoms with Gasteiger partial charge in [0.25, 0.3) is 11.6 Å². The maximum absolute atomic E-state index is 12.6. The smallest absolute Gasteiger partial charge is 0.270 e. The number of carbonyl (C=O) groups is 1. The topological polar surface area (TPSA) is 110 Å². The van der Waals surface area contributed by atoms with Crippen molar-refractivity contribution in [3.8, 4) is 0 Å². The van der Waals surface area contributed by atoms with Crippen LogP contribution in [0.4, 0.5) is 17.1 Å². The Bertz CT molecular complexity index is 1060. The highest BCUT2D eigenvalue weighted by Crippen LogP contribution is 2.32. The Balaban J connectivity index is 1.92. The Morgan fingerprint density at radius 1 is 1.29 bits per heavy atom. The predicted octanol–water partition coefficient (Wildman–Crippen LogP) is 3.60. The number of nitro benzene ring substituents is 1. The number of rotatable bonds is 5. The maximum Gasteiger partial charge on any atom is 0.270 e. The van der Waals surface area contributed by atoms with Crippen molar-refractivity contribution in [1.82, 2.24) is 0 Å². The van der Waals surface area contributed by atoms with Gasteiger partial charge in [0.15, 0.2) is 0 Å². The number of nitro groups is 1. The Hall–Kier alpha value is -2.65. The highest BCUT2D eigenvalue weighted by molar-refractivity contribution is 7.92. The molecule has 10 heteroatoms. The number of hydrogen-bond donors (Lipinski definition) is 1. The minimum Gasteiger partial charge on any atom is -0.322 e. The molecule has 0 saturated carbocycles. The molecular formula is C18H18ClN3O5S. The molecule has 1 aliphatic heterocycles. The zero-order valence-electron chi connectivity index (χ0n) is 15.0. The molecule has 3 rings (SSSR count). The molecule has 1 amide bonds. The van der Waals surface area contributed by atoms with E-state index in [1.54, 1.807) is 25.1 Å². The number of aryl methyl sites for hydroxylation is 1. The van der Waals surface area contributed by atoms with Crippen molar-refractivity contribution in [2.75, 3.05) is 21.9 Å². The van der Waals surface area contributed by atoms with Gasteiger partial charge in [-0.3, -0.25) is 19.2 Å². The fourth-order valence-electron chi connectivity index (χ4n) is 3.06. The number of halogens is 1. The van der Waals surface area contributed by atoms with Gasteiger partial charge in [-0.05, 0) is 43.5 Å². The number of carbonyl (C=O) groups excluding carboxylic acids is 1. The minimum absolute atomic E-state index is 0.0215. The number of anilines is 2. The normalized spacial score (nSPS) is 13.7. The lowest BCUT2D eigenvalue weighted by Gasteiger charge is -2.30. The molecule has 0 spiro atoms. The van der Waals surface area contributed by atoms with Gasteiger partial charge in [-0.2, -0.15) is 0 Å². The molecule has 0 saturated heterocycles. The van der Waals surface area contributed by atoms with Crippen molar-refractivity contribution in [3.05, 3.63) is 62.7 Å². The summed E-state index contributed by atoms with van der Waals surface area (Å²) in [5, 5.41) is 13.7. The Kier molecular flexibility index (Phi) is 5.57. The van der Waals surface area contributed by atoms with Crippen LogP contribution in [0.3, 0.4) is 0 Å². The van der Waals surface area contributed by atoms with E-state index in [0.717, 1.165) is 24.5 Å². The molecule has 0 unspecified atom stereocenters. The summed E-state index contributed by atoms with van der Waals surface area (Å²) >= 11 is 6.01. The van der Waals surface area contributed by atoms with Crippen LogP contribution in [0.25, 0.3) is 0 Å². The third-order valence-electron chi connectivity index (χ3n) is 4.53. The number of sulfonamides is 1. The molecule has 8 nitrogen and oxygen atoms in total. The predicted molar refractivity (Wildman–Crippen MR) is 108 cm³/mol. The van der Waals surface area contributed by atoms with E-state index in [1.165, 1.54) is 16.4 Å². The van der Waals surface area contributed by atoms with Gasteiger partial charge in [0.2, 0.25) is 10.0 Å². The third kappa shape index (κ3) is 3.95. The van der Waals surface area contributed by atoms with E-state index in [-0.39, 0.29) is 22.0 Å². The standard InChI is InChI=1S/C18H18ClN3O5S/c1-2-28(26,27)21-9-3-4-12-5-6-13(10-17(12)21)20-18(23)15-11-14(22(24)25)7-8-16(15)19/h5-8,10-11H,2-4,9H2,1H3,(H,20,23). The lowest BCUT2D eigenvalue weighted by molar-refractivity contribution is -0.384. The molecule has 1 aliphatic rings. The molecule has 0 aliphatic carbocycles. The fourth-order valence-corrected chi connectivity index (χ4v) is 4.45. The molecule has 0 radical (unpaired) electrons. The first-order valence-electron chi connectivity index (χ1n) is 8.61. The van der Waals surface area contributed by atoms with Gasteiger partial charge < -0.3 is 5.32 Å². The van der Waals surface area contributed by atoms with E-state index in [4.69, 9.17) is 11.6 Å². The van der Waals surface area contributed by atoms with E-state index >= 15 is 0 Å². The number of nitrogens with one attached hydrogen (secondary N) is 1. The van der Waals surface area contributed by atoms with Crippen molar-refractivity contribution in [2.24, 2.45) is 0 Å². The number of fused-ring (bicyclic) bond motifs is 1. The van der Waals surface area contributed by atoms with E-state index in [9.17, 15) is 23.3 Å². The summed E-state index contributed by atoms with van der Waals surface area (Å²) in [6.07, 6.45) is 1.47. The van der Waals surface area contributed by atoms with Crippen molar-refractivity contribution in [2.45, 2.75) is 19.8 Å². The third-order valence-corrected chi connectivity index (χ3v) is 6.64. The molecule has 0 fully saturated rings. The van der Waals surface area contributed by atoms with Gasteiger partial charge >= 0.3 is 0 Å². The van der Waals surface area contributed by atoms with E-state index in [1.807, 2.05) is 0 Å². The van der Waals surface area contributed by atoms with Crippen molar-refractivity contribution >= 4 is 44.6 Å². The summed E-state index contributed by atoms with van der Waals surface area (Å²) in [4.78, 5) is 22.9. The average molecular weight is 424 g/mol. The average Bonchev–Trinajstić information content (AvgIpc) is 2.67. The molecule has 2 aromatic carbocycles. The SMILES string of the molecule is CCS(=O)(=O)N1CCCc2ccc(NC(=O)c3cc([N+](=O)[O-])ccc3Cl)cc21. The van der Waals surface area contributed by atoms with Crippen LogP contribution in [0.2, 0.25) is 5.02 Å². The van der Waals surface area contributed by atoms with Crippen LogP contribution >= 0.6 is 11.6 Å². The molecular weight excluding hydrogens is 406 g/mol. The van der Waals surface area contributed by atoms with Crippen LogP contribution in [0.5, 0.6) is 0 Å². The Labute approximate surface area is 167 Å². The quantitative estimate of drug-likeness (QED) is 0.583. The highest BCUT2D eigenvalue weighted by atomic mass is 35.5. The lowest BCUT2D eigenvalue weighted by atomic mass is 10.0. The van der Waals surface area contributed by atoms with Gasteiger partial charge in [0.05, 0.1) is 26.9 Å². The van der Waals surface area contributed by atoms with Crippen LogP contribution in [0.15, 0.2) is 36.4 Å². The second-order valence-corrected chi connectivity index (χ2v) is 8.88. The second-order valence-electron chi connectivity index (χ2n) is 6.30. The van der Waals surface area contributed by atoms with Gasteiger partial charge in [-0.25, -0.2) is 8.42 Å². The van der Waals surface area contributed by atoms with E-state index in [2.05, 4.69) is 5.32 Å². The molecule has 0 aromatic heterocycles. The van der Waals surface area contributed by atoms with Gasteiger partial charge in [-0.15, -0.1) is 0 Å². The zero-order valence-corrected chi connectivity index (χ0v) is 16.6. The summed E-state index contributed by atoms with van der Waals surface area (Å²) in [5.74, 6) is -0.638.